The third-order valence-electron chi connectivity index (χ3n) is 5.92. The molecular formula is C20H24F3N5O4. The minimum absolute atomic E-state index is 0.00122. The molecule has 4 rings (SSSR count). The zero-order chi connectivity index (χ0) is 23.0. The summed E-state index contributed by atoms with van der Waals surface area (Å²) in [5.74, 6) is -0.632. The lowest BCUT2D eigenvalue weighted by atomic mass is 10.1. The zero-order valence-electron chi connectivity index (χ0n) is 17.5. The highest BCUT2D eigenvalue weighted by Gasteiger charge is 2.51. The Balaban J connectivity index is 1.37. The van der Waals surface area contributed by atoms with E-state index in [9.17, 15) is 27.6 Å². The number of benzene rings is 1. The van der Waals surface area contributed by atoms with Crippen LogP contribution in [0.4, 0.5) is 28.4 Å². The molecule has 1 aromatic carbocycles. The molecule has 4 amide bonds. The van der Waals surface area contributed by atoms with Crippen LogP contribution in [0.15, 0.2) is 30.3 Å². The first-order valence-corrected chi connectivity index (χ1v) is 10.4. The van der Waals surface area contributed by atoms with Gasteiger partial charge < -0.3 is 19.5 Å². The van der Waals surface area contributed by atoms with Gasteiger partial charge in [0.25, 0.3) is 5.91 Å². The molecule has 2 atom stereocenters. The number of hydrogen-bond acceptors (Lipinski definition) is 6. The van der Waals surface area contributed by atoms with Gasteiger partial charge in [-0.25, -0.2) is 9.59 Å². The van der Waals surface area contributed by atoms with Crippen LogP contribution >= 0.6 is 0 Å². The molecule has 174 valence electrons. The Kier molecular flexibility index (Phi) is 5.89. The van der Waals surface area contributed by atoms with E-state index in [0.717, 1.165) is 5.69 Å². The van der Waals surface area contributed by atoms with Crippen molar-refractivity contribution in [2.45, 2.75) is 25.2 Å². The van der Waals surface area contributed by atoms with E-state index < -0.39 is 42.8 Å². The van der Waals surface area contributed by atoms with Gasteiger partial charge in [0.15, 0.2) is 0 Å². The number of nitrogens with zero attached hydrogens (tertiary/aromatic N) is 5. The minimum Gasteiger partial charge on any atom is -0.367 e. The van der Waals surface area contributed by atoms with Gasteiger partial charge in [0.1, 0.15) is 6.04 Å². The maximum Gasteiger partial charge on any atom is 0.435 e. The molecule has 3 aliphatic heterocycles. The average molecular weight is 455 g/mol. The van der Waals surface area contributed by atoms with Crippen molar-refractivity contribution in [1.82, 2.24) is 19.8 Å². The minimum atomic E-state index is -4.32. The highest BCUT2D eigenvalue weighted by atomic mass is 19.4. The van der Waals surface area contributed by atoms with Gasteiger partial charge in [-0.3, -0.25) is 9.69 Å². The molecule has 0 aliphatic carbocycles. The van der Waals surface area contributed by atoms with Gasteiger partial charge in [-0.2, -0.15) is 13.2 Å². The lowest BCUT2D eigenvalue weighted by molar-refractivity contribution is -0.157. The van der Waals surface area contributed by atoms with E-state index in [1.165, 1.54) is 14.7 Å². The number of hydrogen-bond donors (Lipinski definition) is 0. The first kappa shape index (κ1) is 22.2. The summed E-state index contributed by atoms with van der Waals surface area (Å²) in [6.45, 7) is 1.66. The van der Waals surface area contributed by atoms with E-state index >= 15 is 0 Å². The van der Waals surface area contributed by atoms with Crippen LogP contribution in [-0.2, 0) is 9.63 Å². The largest absolute Gasteiger partial charge is 0.435 e. The molecule has 0 bridgehead atoms. The summed E-state index contributed by atoms with van der Waals surface area (Å²) >= 11 is 0. The fourth-order valence-electron chi connectivity index (χ4n) is 4.36. The van der Waals surface area contributed by atoms with Crippen LogP contribution in [0.2, 0.25) is 0 Å². The summed E-state index contributed by atoms with van der Waals surface area (Å²) in [5, 5.41) is 0.482. The quantitative estimate of drug-likeness (QED) is 0.647. The molecule has 12 heteroatoms. The van der Waals surface area contributed by atoms with Gasteiger partial charge in [0.2, 0.25) is 0 Å². The molecule has 3 fully saturated rings. The van der Waals surface area contributed by atoms with E-state index in [4.69, 9.17) is 4.84 Å². The maximum atomic E-state index is 12.8. The molecule has 3 aliphatic rings. The Morgan fingerprint density at radius 2 is 1.78 bits per heavy atom. The van der Waals surface area contributed by atoms with Gasteiger partial charge in [-0.05, 0) is 19.1 Å². The molecule has 3 saturated heterocycles. The van der Waals surface area contributed by atoms with Crippen molar-refractivity contribution in [2.24, 2.45) is 0 Å². The smallest absolute Gasteiger partial charge is 0.367 e. The van der Waals surface area contributed by atoms with Crippen LogP contribution in [-0.4, -0.2) is 102 Å². The number of para-hydroxylation sites is 1. The number of carbonyl (C=O) groups is 3. The van der Waals surface area contributed by atoms with Crippen molar-refractivity contribution in [3.63, 3.8) is 0 Å². The lowest BCUT2D eigenvalue weighted by Crippen LogP contribution is -2.56. The van der Waals surface area contributed by atoms with Crippen LogP contribution in [0.25, 0.3) is 0 Å². The van der Waals surface area contributed by atoms with Crippen molar-refractivity contribution in [2.75, 3.05) is 50.7 Å². The van der Waals surface area contributed by atoms with Crippen LogP contribution in [0.3, 0.4) is 0 Å². The Bertz CT molecular complexity index is 884. The van der Waals surface area contributed by atoms with Gasteiger partial charge in [-0.15, -0.1) is 0 Å². The standard InChI is InChI=1S/C20H24F3N5O4/c1-14-11-24(13-20(21,22)23)7-9-26(14)19(31)32-28-17(29)16-12-25(8-10-27(16)18(28)30)15-5-3-2-4-6-15/h2-6,14,16H,7-13H2,1H3. The fourth-order valence-corrected chi connectivity index (χ4v) is 4.36. The van der Waals surface area contributed by atoms with Crippen molar-refractivity contribution < 1.29 is 32.4 Å². The zero-order valence-corrected chi connectivity index (χ0v) is 17.5. The summed E-state index contributed by atoms with van der Waals surface area (Å²) < 4.78 is 37.9. The Morgan fingerprint density at radius 3 is 2.44 bits per heavy atom. The van der Waals surface area contributed by atoms with Crippen LogP contribution in [0.5, 0.6) is 0 Å². The first-order valence-electron chi connectivity index (χ1n) is 10.4. The second-order valence-electron chi connectivity index (χ2n) is 8.16. The summed E-state index contributed by atoms with van der Waals surface area (Å²) in [6.07, 6.45) is -5.25. The van der Waals surface area contributed by atoms with Crippen molar-refractivity contribution >= 4 is 23.7 Å². The Morgan fingerprint density at radius 1 is 1.06 bits per heavy atom. The topological polar surface area (TPSA) is 76.6 Å². The predicted octanol–water partition coefficient (Wildman–Crippen LogP) is 1.76. The lowest BCUT2D eigenvalue weighted by Gasteiger charge is -2.39. The average Bonchev–Trinajstić information content (AvgIpc) is 2.97. The van der Waals surface area contributed by atoms with Crippen LogP contribution in [0, 0.1) is 0 Å². The fraction of sp³-hybridized carbons (Fsp3) is 0.550. The monoisotopic (exact) mass is 455 g/mol. The molecule has 0 N–H and O–H groups in total. The second kappa shape index (κ2) is 8.49. The van der Waals surface area contributed by atoms with Crippen molar-refractivity contribution in [3.05, 3.63) is 30.3 Å². The predicted molar refractivity (Wildman–Crippen MR) is 107 cm³/mol. The van der Waals surface area contributed by atoms with Crippen LogP contribution in [0.1, 0.15) is 6.92 Å². The highest BCUT2D eigenvalue weighted by molar-refractivity contribution is 6.04. The first-order chi connectivity index (χ1) is 15.1. The molecule has 0 saturated carbocycles. The van der Waals surface area contributed by atoms with Crippen molar-refractivity contribution in [1.29, 1.82) is 0 Å². The van der Waals surface area contributed by atoms with Gasteiger partial charge in [-0.1, -0.05) is 23.3 Å². The molecule has 0 aromatic heterocycles. The van der Waals surface area contributed by atoms with E-state index in [0.29, 0.717) is 18.2 Å². The summed E-state index contributed by atoms with van der Waals surface area (Å²) in [7, 11) is 0. The van der Waals surface area contributed by atoms with Crippen molar-refractivity contribution in [3.8, 4) is 0 Å². The number of piperazine rings is 2. The summed E-state index contributed by atoms with van der Waals surface area (Å²) in [5.41, 5.74) is 0.924. The van der Waals surface area contributed by atoms with E-state index in [1.54, 1.807) is 6.92 Å². The second-order valence-corrected chi connectivity index (χ2v) is 8.16. The number of amides is 4. The van der Waals surface area contributed by atoms with E-state index in [1.807, 2.05) is 35.2 Å². The summed E-state index contributed by atoms with van der Waals surface area (Å²) in [6, 6.07) is 7.43. The number of carbonyl (C=O) groups excluding carboxylic acids is 3. The highest BCUT2D eigenvalue weighted by Crippen LogP contribution is 2.26. The number of halogens is 3. The molecular weight excluding hydrogens is 431 g/mol. The Labute approximate surface area is 182 Å². The van der Waals surface area contributed by atoms with Gasteiger partial charge in [0, 0.05) is 51.0 Å². The number of rotatable bonds is 3. The van der Waals surface area contributed by atoms with Gasteiger partial charge in [0.05, 0.1) is 6.54 Å². The summed E-state index contributed by atoms with van der Waals surface area (Å²) in [4.78, 5) is 49.1. The SMILES string of the molecule is CC1CN(CC(F)(F)F)CCN1C(=O)ON1C(=O)C2CN(c3ccccc3)CCN2C1=O. The number of imide groups is 1. The number of fused-ring (bicyclic) bond motifs is 1. The third kappa shape index (κ3) is 4.45. The van der Waals surface area contributed by atoms with E-state index in [2.05, 4.69) is 0 Å². The van der Waals surface area contributed by atoms with Gasteiger partial charge >= 0.3 is 18.3 Å². The Hall–Kier alpha value is -3.02. The van der Waals surface area contributed by atoms with Crippen LogP contribution < -0.4 is 4.90 Å². The number of alkyl halides is 3. The maximum absolute atomic E-state index is 12.8. The normalized spacial score (nSPS) is 24.8. The molecule has 3 heterocycles. The molecule has 0 radical (unpaired) electrons. The molecule has 9 nitrogen and oxygen atoms in total. The van der Waals surface area contributed by atoms with E-state index in [-0.39, 0.29) is 26.2 Å². The molecule has 0 spiro atoms. The molecule has 1 aromatic rings. The number of hydroxylamine groups is 2. The number of anilines is 1. The number of urea groups is 1. The molecule has 2 unspecified atom stereocenters. The third-order valence-corrected chi connectivity index (χ3v) is 5.92. The molecule has 32 heavy (non-hydrogen) atoms.